The van der Waals surface area contributed by atoms with E-state index in [4.69, 9.17) is 10.5 Å². The molecule has 0 aromatic carbocycles. The van der Waals surface area contributed by atoms with Crippen LogP contribution in [0.4, 0.5) is 0 Å². The molecular formula is C9H20ClN3O4S. The van der Waals surface area contributed by atoms with Crippen LogP contribution in [-0.2, 0) is 19.6 Å². The van der Waals surface area contributed by atoms with Crippen LogP contribution in [0.5, 0.6) is 0 Å². The Morgan fingerprint density at radius 3 is 2.17 bits per heavy atom. The van der Waals surface area contributed by atoms with Gasteiger partial charge in [0, 0.05) is 39.8 Å². The highest BCUT2D eigenvalue weighted by atomic mass is 35.5. The van der Waals surface area contributed by atoms with Crippen molar-refractivity contribution >= 4 is 28.3 Å². The molecule has 1 unspecified atom stereocenters. The number of piperazine rings is 1. The van der Waals surface area contributed by atoms with Gasteiger partial charge in [0.2, 0.25) is 10.0 Å². The lowest BCUT2D eigenvalue weighted by Crippen LogP contribution is -2.53. The molecule has 1 heterocycles. The predicted octanol–water partition coefficient (Wildman–Crippen LogP) is -1.51. The molecule has 0 saturated carbocycles. The Labute approximate surface area is 114 Å². The number of methoxy groups -OCH3 is 1. The van der Waals surface area contributed by atoms with Crippen molar-refractivity contribution in [2.24, 2.45) is 5.73 Å². The molecule has 0 spiro atoms. The molecule has 1 aliphatic rings. The summed E-state index contributed by atoms with van der Waals surface area (Å²) < 4.78 is 28.9. The fourth-order valence-electron chi connectivity index (χ4n) is 1.74. The summed E-state index contributed by atoms with van der Waals surface area (Å²) in [5, 5.41) is 0. The Kier molecular flexibility index (Phi) is 7.08. The van der Waals surface area contributed by atoms with E-state index in [1.165, 1.54) is 17.7 Å². The van der Waals surface area contributed by atoms with Gasteiger partial charge in [0.1, 0.15) is 6.10 Å². The fraction of sp³-hybridized carbons (Fsp3) is 0.889. The van der Waals surface area contributed by atoms with Crippen molar-refractivity contribution in [2.45, 2.75) is 6.10 Å². The smallest absolute Gasteiger partial charge is 0.253 e. The van der Waals surface area contributed by atoms with Crippen LogP contribution in [0.2, 0.25) is 0 Å². The Balaban J connectivity index is 0.00000289. The molecule has 1 atom stereocenters. The molecule has 1 fully saturated rings. The summed E-state index contributed by atoms with van der Waals surface area (Å²) in [6.07, 6.45) is 0.530. The molecule has 7 nitrogen and oxygen atoms in total. The van der Waals surface area contributed by atoms with Crippen molar-refractivity contribution in [1.82, 2.24) is 9.21 Å². The van der Waals surface area contributed by atoms with Crippen molar-refractivity contribution in [2.75, 3.05) is 46.1 Å². The number of hydrogen-bond donors (Lipinski definition) is 1. The molecule has 1 aliphatic heterocycles. The number of nitrogens with two attached hydrogens (primary N) is 1. The zero-order valence-corrected chi connectivity index (χ0v) is 12.2. The minimum Gasteiger partial charge on any atom is -0.370 e. The lowest BCUT2D eigenvalue weighted by Gasteiger charge is -2.34. The summed E-state index contributed by atoms with van der Waals surface area (Å²) in [5.41, 5.74) is 5.41. The summed E-state index contributed by atoms with van der Waals surface area (Å²) in [7, 11) is -1.73. The molecule has 0 radical (unpaired) electrons. The lowest BCUT2D eigenvalue weighted by molar-refractivity contribution is -0.142. The monoisotopic (exact) mass is 301 g/mol. The van der Waals surface area contributed by atoms with E-state index in [1.54, 1.807) is 4.90 Å². The minimum absolute atomic E-state index is 0. The number of nitrogens with zero attached hydrogens (tertiary/aromatic N) is 2. The summed E-state index contributed by atoms with van der Waals surface area (Å²) in [4.78, 5) is 13.5. The predicted molar refractivity (Wildman–Crippen MR) is 70.1 cm³/mol. The van der Waals surface area contributed by atoms with Gasteiger partial charge in [-0.2, -0.15) is 4.31 Å². The summed E-state index contributed by atoms with van der Waals surface area (Å²) in [6, 6.07) is 0. The zero-order valence-electron chi connectivity index (χ0n) is 10.5. The second kappa shape index (κ2) is 7.25. The third kappa shape index (κ3) is 4.36. The molecule has 0 aliphatic carbocycles. The van der Waals surface area contributed by atoms with Crippen molar-refractivity contribution in [3.05, 3.63) is 0 Å². The van der Waals surface area contributed by atoms with Gasteiger partial charge in [-0.1, -0.05) is 0 Å². The molecule has 0 bridgehead atoms. The van der Waals surface area contributed by atoms with E-state index < -0.39 is 16.1 Å². The quantitative estimate of drug-likeness (QED) is 0.681. The molecule has 2 N–H and O–H groups in total. The Morgan fingerprint density at radius 1 is 1.33 bits per heavy atom. The molecule has 18 heavy (non-hydrogen) atoms. The topological polar surface area (TPSA) is 92.9 Å². The first-order chi connectivity index (χ1) is 7.90. The normalized spacial score (nSPS) is 19.2. The Morgan fingerprint density at radius 2 is 1.83 bits per heavy atom. The first kappa shape index (κ1) is 17.6. The Bertz CT molecular complexity index is 364. The summed E-state index contributed by atoms with van der Waals surface area (Å²) in [5.74, 6) is -0.178. The minimum atomic E-state index is -3.17. The third-order valence-corrected chi connectivity index (χ3v) is 4.10. The number of ether oxygens (including phenoxy) is 1. The number of carbonyl (C=O) groups excluding carboxylic acids is 1. The largest absolute Gasteiger partial charge is 0.370 e. The zero-order chi connectivity index (χ0) is 13.1. The molecule has 1 saturated heterocycles. The van der Waals surface area contributed by atoms with Crippen LogP contribution in [0.1, 0.15) is 0 Å². The molecular weight excluding hydrogens is 282 g/mol. The van der Waals surface area contributed by atoms with Crippen molar-refractivity contribution in [3.63, 3.8) is 0 Å². The molecule has 1 amide bonds. The highest BCUT2D eigenvalue weighted by Crippen LogP contribution is 2.08. The van der Waals surface area contributed by atoms with Crippen LogP contribution >= 0.6 is 12.4 Å². The highest BCUT2D eigenvalue weighted by molar-refractivity contribution is 7.88. The average molecular weight is 302 g/mol. The van der Waals surface area contributed by atoms with E-state index in [0.717, 1.165) is 0 Å². The summed E-state index contributed by atoms with van der Waals surface area (Å²) >= 11 is 0. The van der Waals surface area contributed by atoms with Gasteiger partial charge in [0.25, 0.3) is 5.91 Å². The number of amides is 1. The van der Waals surface area contributed by atoms with Gasteiger partial charge in [-0.05, 0) is 0 Å². The number of halogens is 1. The van der Waals surface area contributed by atoms with E-state index in [9.17, 15) is 13.2 Å². The summed E-state index contributed by atoms with van der Waals surface area (Å²) in [6.45, 7) is 1.54. The van der Waals surface area contributed by atoms with Crippen LogP contribution in [0.3, 0.4) is 0 Å². The SMILES string of the molecule is COC(CN)C(=O)N1CCN(S(C)(=O)=O)CC1.Cl. The van der Waals surface area contributed by atoms with Crippen molar-refractivity contribution < 1.29 is 17.9 Å². The lowest BCUT2D eigenvalue weighted by atomic mass is 10.2. The second-order valence-corrected chi connectivity index (χ2v) is 5.93. The van der Waals surface area contributed by atoms with Crippen LogP contribution in [0, 0.1) is 0 Å². The Hall–Kier alpha value is -0.410. The molecule has 9 heteroatoms. The van der Waals surface area contributed by atoms with Gasteiger partial charge in [-0.15, -0.1) is 12.4 Å². The fourth-order valence-corrected chi connectivity index (χ4v) is 2.57. The van der Waals surface area contributed by atoms with E-state index >= 15 is 0 Å². The van der Waals surface area contributed by atoms with Crippen LogP contribution in [0.15, 0.2) is 0 Å². The maximum atomic E-state index is 11.9. The van der Waals surface area contributed by atoms with Gasteiger partial charge < -0.3 is 15.4 Å². The van der Waals surface area contributed by atoms with Gasteiger partial charge in [-0.25, -0.2) is 8.42 Å². The van der Waals surface area contributed by atoms with Crippen molar-refractivity contribution in [3.8, 4) is 0 Å². The van der Waals surface area contributed by atoms with Gasteiger partial charge >= 0.3 is 0 Å². The van der Waals surface area contributed by atoms with E-state index in [-0.39, 0.29) is 24.9 Å². The number of sulfonamides is 1. The van der Waals surface area contributed by atoms with Crippen molar-refractivity contribution in [1.29, 1.82) is 0 Å². The van der Waals surface area contributed by atoms with Crippen LogP contribution in [0.25, 0.3) is 0 Å². The second-order valence-electron chi connectivity index (χ2n) is 3.95. The first-order valence-corrected chi connectivity index (χ1v) is 7.21. The third-order valence-electron chi connectivity index (χ3n) is 2.79. The van der Waals surface area contributed by atoms with Gasteiger partial charge in [-0.3, -0.25) is 4.79 Å². The van der Waals surface area contributed by atoms with Crippen LogP contribution in [-0.4, -0.2) is 75.7 Å². The maximum absolute atomic E-state index is 11.9. The van der Waals surface area contributed by atoms with E-state index in [0.29, 0.717) is 26.2 Å². The van der Waals surface area contributed by atoms with Gasteiger partial charge in [0.15, 0.2) is 0 Å². The van der Waals surface area contributed by atoms with E-state index in [2.05, 4.69) is 0 Å². The van der Waals surface area contributed by atoms with Crippen LogP contribution < -0.4 is 5.73 Å². The molecule has 0 aromatic heterocycles. The maximum Gasteiger partial charge on any atom is 0.253 e. The number of hydrogen-bond acceptors (Lipinski definition) is 5. The average Bonchev–Trinajstić information content (AvgIpc) is 2.29. The molecule has 0 aromatic rings. The standard InChI is InChI=1S/C9H19N3O4S.ClH/c1-16-8(7-10)9(13)11-3-5-12(6-4-11)17(2,14)15;/h8H,3-7,10H2,1-2H3;1H. The highest BCUT2D eigenvalue weighted by Gasteiger charge is 2.29. The first-order valence-electron chi connectivity index (χ1n) is 5.37. The van der Waals surface area contributed by atoms with Gasteiger partial charge in [0.05, 0.1) is 6.26 Å². The number of rotatable bonds is 4. The molecule has 1 rings (SSSR count). The molecule has 108 valence electrons. The van der Waals surface area contributed by atoms with E-state index in [1.807, 2.05) is 0 Å². The number of carbonyl (C=O) groups is 1.